The lowest BCUT2D eigenvalue weighted by atomic mass is 10.1. The standard InChI is InChI=1S/C24H25N3O6S/c1-3-27-14-20(24(30)33-4-2)22(28)19-13-17(9-12-21(19)27)25-23(29)15-5-10-18(11-6-15)34(31,32)26-16-7-8-16/h5-6,9-14,16,26H,3-4,7-8H2,1-2H3,(H,25,29). The molecule has 10 heteroatoms. The van der Waals surface area contributed by atoms with Crippen molar-refractivity contribution >= 4 is 38.5 Å². The average molecular weight is 484 g/mol. The molecular formula is C24H25N3O6S. The summed E-state index contributed by atoms with van der Waals surface area (Å²) < 4.78 is 34.0. The van der Waals surface area contributed by atoms with E-state index >= 15 is 0 Å². The zero-order chi connectivity index (χ0) is 24.5. The molecule has 0 saturated heterocycles. The maximum Gasteiger partial charge on any atom is 0.343 e. The second-order valence-corrected chi connectivity index (χ2v) is 9.70. The van der Waals surface area contributed by atoms with Crippen molar-refractivity contribution in [2.45, 2.75) is 44.2 Å². The number of carbonyl (C=O) groups is 2. The fourth-order valence-corrected chi connectivity index (χ4v) is 4.87. The highest BCUT2D eigenvalue weighted by Crippen LogP contribution is 2.23. The van der Waals surface area contributed by atoms with Crippen molar-refractivity contribution in [3.8, 4) is 0 Å². The smallest absolute Gasteiger partial charge is 0.343 e. The summed E-state index contributed by atoms with van der Waals surface area (Å²) in [6.07, 6.45) is 3.14. The lowest BCUT2D eigenvalue weighted by Crippen LogP contribution is -2.25. The van der Waals surface area contributed by atoms with Crippen LogP contribution in [0.15, 0.2) is 58.4 Å². The van der Waals surface area contributed by atoms with Crippen molar-refractivity contribution in [2.75, 3.05) is 11.9 Å². The Hall–Kier alpha value is -3.50. The molecular weight excluding hydrogens is 458 g/mol. The molecule has 1 amide bonds. The molecule has 1 fully saturated rings. The molecule has 178 valence electrons. The van der Waals surface area contributed by atoms with Crippen LogP contribution in [0.2, 0.25) is 0 Å². The van der Waals surface area contributed by atoms with Crippen LogP contribution < -0.4 is 15.5 Å². The fourth-order valence-electron chi connectivity index (χ4n) is 3.57. The zero-order valence-corrected chi connectivity index (χ0v) is 19.6. The Labute approximate surface area is 196 Å². The molecule has 1 aliphatic rings. The van der Waals surface area contributed by atoms with Crippen LogP contribution in [0.25, 0.3) is 10.9 Å². The van der Waals surface area contributed by atoms with Crippen molar-refractivity contribution in [2.24, 2.45) is 0 Å². The van der Waals surface area contributed by atoms with Gasteiger partial charge in [-0.3, -0.25) is 9.59 Å². The van der Waals surface area contributed by atoms with E-state index in [0.717, 1.165) is 12.8 Å². The Morgan fingerprint density at radius 2 is 1.79 bits per heavy atom. The first-order chi connectivity index (χ1) is 16.2. The molecule has 34 heavy (non-hydrogen) atoms. The van der Waals surface area contributed by atoms with Gasteiger partial charge in [-0.25, -0.2) is 17.9 Å². The lowest BCUT2D eigenvalue weighted by molar-refractivity contribution is 0.0524. The molecule has 0 bridgehead atoms. The summed E-state index contributed by atoms with van der Waals surface area (Å²) in [5.41, 5.74) is 0.696. The number of nitrogens with one attached hydrogen (secondary N) is 2. The minimum Gasteiger partial charge on any atom is -0.462 e. The molecule has 9 nitrogen and oxygen atoms in total. The van der Waals surface area contributed by atoms with Gasteiger partial charge in [0, 0.05) is 35.4 Å². The second kappa shape index (κ2) is 9.40. The number of nitrogens with zero attached hydrogens (tertiary/aromatic N) is 1. The lowest BCUT2D eigenvalue weighted by Gasteiger charge is -2.13. The number of fused-ring (bicyclic) bond motifs is 1. The molecule has 0 unspecified atom stereocenters. The molecule has 2 N–H and O–H groups in total. The molecule has 0 spiro atoms. The van der Waals surface area contributed by atoms with Gasteiger partial charge >= 0.3 is 5.97 Å². The van der Waals surface area contributed by atoms with E-state index in [0.29, 0.717) is 17.7 Å². The maximum absolute atomic E-state index is 12.9. The molecule has 1 aliphatic carbocycles. The molecule has 0 atom stereocenters. The van der Waals surface area contributed by atoms with Crippen LogP contribution in [0.4, 0.5) is 5.69 Å². The summed E-state index contributed by atoms with van der Waals surface area (Å²) in [4.78, 5) is 38.0. The number of hydrogen-bond acceptors (Lipinski definition) is 6. The van der Waals surface area contributed by atoms with Gasteiger partial charge < -0.3 is 14.6 Å². The van der Waals surface area contributed by atoms with E-state index in [1.807, 2.05) is 6.92 Å². The predicted octanol–water partition coefficient (Wildman–Crippen LogP) is 2.89. The van der Waals surface area contributed by atoms with Crippen LogP contribution in [0.1, 0.15) is 47.4 Å². The highest BCUT2D eigenvalue weighted by molar-refractivity contribution is 7.89. The van der Waals surface area contributed by atoms with E-state index < -0.39 is 27.3 Å². The Kier molecular flexibility index (Phi) is 6.54. The van der Waals surface area contributed by atoms with Gasteiger partial charge in [-0.2, -0.15) is 0 Å². The molecule has 2 aromatic carbocycles. The van der Waals surface area contributed by atoms with Gasteiger partial charge in [0.05, 0.1) is 17.0 Å². The number of esters is 1. The third-order valence-corrected chi connectivity index (χ3v) is 7.04. The van der Waals surface area contributed by atoms with E-state index in [4.69, 9.17) is 4.74 Å². The van der Waals surface area contributed by atoms with Gasteiger partial charge in [0.25, 0.3) is 5.91 Å². The molecule has 3 aromatic rings. The summed E-state index contributed by atoms with van der Waals surface area (Å²) in [6.45, 7) is 4.23. The highest BCUT2D eigenvalue weighted by Gasteiger charge is 2.28. The van der Waals surface area contributed by atoms with Gasteiger partial charge in [0.2, 0.25) is 15.5 Å². The summed E-state index contributed by atoms with van der Waals surface area (Å²) in [5.74, 6) is -1.16. The SMILES string of the molecule is CCOC(=O)c1cn(CC)c2ccc(NC(=O)c3ccc(S(=O)(=O)NC4CC4)cc3)cc2c1=O. The number of rotatable bonds is 8. The van der Waals surface area contributed by atoms with Crippen molar-refractivity contribution in [1.82, 2.24) is 9.29 Å². The molecule has 0 radical (unpaired) electrons. The predicted molar refractivity (Wildman–Crippen MR) is 128 cm³/mol. The van der Waals surface area contributed by atoms with Gasteiger partial charge in [0.1, 0.15) is 5.56 Å². The molecule has 1 saturated carbocycles. The number of benzene rings is 2. The number of amides is 1. The maximum atomic E-state index is 12.9. The van der Waals surface area contributed by atoms with Crippen molar-refractivity contribution in [3.05, 3.63) is 70.0 Å². The summed E-state index contributed by atoms with van der Waals surface area (Å²) in [7, 11) is -3.61. The summed E-state index contributed by atoms with van der Waals surface area (Å²) in [5, 5.41) is 3.00. The quantitative estimate of drug-likeness (QED) is 0.475. The molecule has 4 rings (SSSR count). The Balaban J connectivity index is 1.60. The van der Waals surface area contributed by atoms with Crippen molar-refractivity contribution in [1.29, 1.82) is 0 Å². The van der Waals surface area contributed by atoms with E-state index in [1.54, 1.807) is 23.6 Å². The van der Waals surface area contributed by atoms with Crippen LogP contribution in [-0.4, -0.2) is 37.5 Å². The average Bonchev–Trinajstić information content (AvgIpc) is 3.63. The van der Waals surface area contributed by atoms with Gasteiger partial charge in [-0.05, 0) is 69.2 Å². The Bertz CT molecular complexity index is 1420. The summed E-state index contributed by atoms with van der Waals surface area (Å²) in [6, 6.07) is 10.5. The van der Waals surface area contributed by atoms with E-state index in [9.17, 15) is 22.8 Å². The number of carbonyl (C=O) groups excluding carboxylic acids is 2. The van der Waals surface area contributed by atoms with E-state index in [2.05, 4.69) is 10.0 Å². The second-order valence-electron chi connectivity index (χ2n) is 7.98. The first kappa shape index (κ1) is 23.7. The van der Waals surface area contributed by atoms with Crippen LogP contribution in [0.5, 0.6) is 0 Å². The van der Waals surface area contributed by atoms with Crippen LogP contribution in [0, 0.1) is 0 Å². The third kappa shape index (κ3) is 4.87. The van der Waals surface area contributed by atoms with Crippen LogP contribution >= 0.6 is 0 Å². The van der Waals surface area contributed by atoms with Crippen LogP contribution in [0.3, 0.4) is 0 Å². The number of aryl methyl sites for hydroxylation is 1. The Morgan fingerprint density at radius 1 is 1.09 bits per heavy atom. The minimum atomic E-state index is -3.61. The minimum absolute atomic E-state index is 0.0116. The largest absolute Gasteiger partial charge is 0.462 e. The summed E-state index contributed by atoms with van der Waals surface area (Å²) >= 11 is 0. The number of ether oxygens (including phenoxy) is 1. The number of aromatic nitrogens is 1. The third-order valence-electron chi connectivity index (χ3n) is 5.50. The molecule has 0 aliphatic heterocycles. The monoisotopic (exact) mass is 483 g/mol. The number of pyridine rings is 1. The topological polar surface area (TPSA) is 124 Å². The first-order valence-corrected chi connectivity index (χ1v) is 12.5. The van der Waals surface area contributed by atoms with Crippen molar-refractivity contribution < 1.29 is 22.7 Å². The van der Waals surface area contributed by atoms with Crippen LogP contribution in [-0.2, 0) is 21.3 Å². The Morgan fingerprint density at radius 3 is 2.41 bits per heavy atom. The number of sulfonamides is 1. The van der Waals surface area contributed by atoms with E-state index in [1.165, 1.54) is 36.5 Å². The number of anilines is 1. The molecule has 1 heterocycles. The molecule has 1 aromatic heterocycles. The normalized spacial score (nSPS) is 13.6. The van der Waals surface area contributed by atoms with Crippen molar-refractivity contribution in [3.63, 3.8) is 0 Å². The van der Waals surface area contributed by atoms with Gasteiger partial charge in [-0.1, -0.05) is 0 Å². The van der Waals surface area contributed by atoms with Gasteiger partial charge in [0.15, 0.2) is 0 Å². The number of hydrogen-bond donors (Lipinski definition) is 2. The zero-order valence-electron chi connectivity index (χ0n) is 18.8. The fraction of sp³-hybridized carbons (Fsp3) is 0.292. The van der Waals surface area contributed by atoms with E-state index in [-0.39, 0.29) is 34.1 Å². The first-order valence-electron chi connectivity index (χ1n) is 11.0. The highest BCUT2D eigenvalue weighted by atomic mass is 32.2. The van der Waals surface area contributed by atoms with Gasteiger partial charge in [-0.15, -0.1) is 0 Å².